The van der Waals surface area contributed by atoms with Crippen molar-refractivity contribution in [2.75, 3.05) is 13.1 Å². The molecular formula is C26H36N4O3S. The van der Waals surface area contributed by atoms with Crippen LogP contribution in [0.5, 0.6) is 5.75 Å². The van der Waals surface area contributed by atoms with Crippen LogP contribution in [0.3, 0.4) is 0 Å². The summed E-state index contributed by atoms with van der Waals surface area (Å²) in [5, 5.41) is 9.65. The summed E-state index contributed by atoms with van der Waals surface area (Å²) in [6, 6.07) is 13.6. The summed E-state index contributed by atoms with van der Waals surface area (Å²) in [5.74, 6) is 1.36. The number of nitrogens with one attached hydrogen (secondary N) is 1. The van der Waals surface area contributed by atoms with Gasteiger partial charge in [0.2, 0.25) is 10.0 Å². The predicted molar refractivity (Wildman–Crippen MR) is 135 cm³/mol. The predicted octanol–water partition coefficient (Wildman–Crippen LogP) is 3.56. The second kappa shape index (κ2) is 10.8. The molecule has 1 saturated carbocycles. The molecule has 2 aromatic rings. The molecule has 0 unspecified atom stereocenters. The molecule has 4 rings (SSSR count). The maximum atomic E-state index is 13.2. The zero-order valence-electron chi connectivity index (χ0n) is 19.9. The van der Waals surface area contributed by atoms with Gasteiger partial charge < -0.3 is 15.7 Å². The molecule has 2 atom stereocenters. The highest BCUT2D eigenvalue weighted by molar-refractivity contribution is 7.89. The standard InChI is InChI=1S/C26H36N4O3S/c1-19-7-13-25(14-8-19)34(32,33)29-22(15-21-9-11-24(31)12-10-21)18-30-23(17-28-26(30)27)16-20-5-3-2-4-6-20/h7-14,20,22-23,29,31H,2-6,15-18H2,1H3,(H2,27,28)/t22-,23-/m0/s1. The van der Waals surface area contributed by atoms with Gasteiger partial charge in [0.05, 0.1) is 17.5 Å². The molecule has 4 N–H and O–H groups in total. The first-order valence-corrected chi connectivity index (χ1v) is 13.7. The zero-order chi connectivity index (χ0) is 24.1. The van der Waals surface area contributed by atoms with E-state index in [2.05, 4.69) is 14.6 Å². The number of aliphatic imine (C=N–C) groups is 1. The van der Waals surface area contributed by atoms with E-state index in [9.17, 15) is 13.5 Å². The average molecular weight is 485 g/mol. The Labute approximate surface area is 203 Å². The molecule has 0 amide bonds. The van der Waals surface area contributed by atoms with Gasteiger partial charge in [-0.3, -0.25) is 4.99 Å². The third-order valence-corrected chi connectivity index (χ3v) is 8.55. The first-order chi connectivity index (χ1) is 16.3. The van der Waals surface area contributed by atoms with Gasteiger partial charge in [-0.1, -0.05) is 61.9 Å². The molecule has 1 aliphatic heterocycles. The van der Waals surface area contributed by atoms with Crippen molar-refractivity contribution in [3.8, 4) is 5.75 Å². The average Bonchev–Trinajstić information content (AvgIpc) is 3.15. The molecular weight excluding hydrogens is 448 g/mol. The summed E-state index contributed by atoms with van der Waals surface area (Å²) in [6.45, 7) is 3.04. The Bertz CT molecular complexity index is 1080. The molecule has 8 heteroatoms. The third-order valence-electron chi connectivity index (χ3n) is 7.02. The number of hydrogen-bond donors (Lipinski definition) is 3. The number of benzene rings is 2. The first-order valence-electron chi connectivity index (χ1n) is 12.2. The lowest BCUT2D eigenvalue weighted by Gasteiger charge is -2.33. The molecule has 184 valence electrons. The van der Waals surface area contributed by atoms with Gasteiger partial charge >= 0.3 is 0 Å². The van der Waals surface area contributed by atoms with Gasteiger partial charge in [-0.05, 0) is 55.5 Å². The number of nitrogens with two attached hydrogens (primary N) is 1. The molecule has 1 fully saturated rings. The van der Waals surface area contributed by atoms with E-state index in [1.165, 1.54) is 32.1 Å². The molecule has 2 aliphatic rings. The van der Waals surface area contributed by atoms with E-state index in [1.54, 1.807) is 36.4 Å². The summed E-state index contributed by atoms with van der Waals surface area (Å²) in [7, 11) is -3.72. The number of sulfonamides is 1. The van der Waals surface area contributed by atoms with Crippen LogP contribution in [-0.2, 0) is 16.4 Å². The molecule has 2 aromatic carbocycles. The van der Waals surface area contributed by atoms with Crippen LogP contribution < -0.4 is 10.5 Å². The molecule has 0 saturated heterocycles. The summed E-state index contributed by atoms with van der Waals surface area (Å²) in [4.78, 5) is 6.85. The molecule has 0 bridgehead atoms. The van der Waals surface area contributed by atoms with Gasteiger partial charge in [0.25, 0.3) is 0 Å². The third kappa shape index (κ3) is 6.30. The van der Waals surface area contributed by atoms with Crippen LogP contribution in [0.15, 0.2) is 58.4 Å². The fourth-order valence-electron chi connectivity index (χ4n) is 5.13. The van der Waals surface area contributed by atoms with Crippen molar-refractivity contribution in [1.29, 1.82) is 0 Å². The van der Waals surface area contributed by atoms with Crippen molar-refractivity contribution in [3.63, 3.8) is 0 Å². The Balaban J connectivity index is 1.53. The van der Waals surface area contributed by atoms with E-state index in [1.807, 2.05) is 19.1 Å². The van der Waals surface area contributed by atoms with Crippen LogP contribution >= 0.6 is 0 Å². The number of phenolic OH excluding ortho intramolecular Hbond substituents is 1. The lowest BCUT2D eigenvalue weighted by atomic mass is 9.84. The van der Waals surface area contributed by atoms with Crippen LogP contribution in [0.4, 0.5) is 0 Å². The summed E-state index contributed by atoms with van der Waals surface area (Å²) >= 11 is 0. The Hall–Kier alpha value is -2.58. The van der Waals surface area contributed by atoms with Crippen molar-refractivity contribution in [1.82, 2.24) is 9.62 Å². The highest BCUT2D eigenvalue weighted by atomic mass is 32.2. The van der Waals surface area contributed by atoms with Gasteiger partial charge in [0.1, 0.15) is 5.75 Å². The smallest absolute Gasteiger partial charge is 0.240 e. The molecule has 0 aromatic heterocycles. The second-order valence-corrected chi connectivity index (χ2v) is 11.5. The Morgan fingerprint density at radius 2 is 1.76 bits per heavy atom. The van der Waals surface area contributed by atoms with Gasteiger partial charge in [-0.25, -0.2) is 13.1 Å². The van der Waals surface area contributed by atoms with E-state index in [0.29, 0.717) is 31.4 Å². The molecule has 0 radical (unpaired) electrons. The summed E-state index contributed by atoms with van der Waals surface area (Å²) in [6.07, 6.45) is 7.91. The Morgan fingerprint density at radius 3 is 2.44 bits per heavy atom. The fourth-order valence-corrected chi connectivity index (χ4v) is 6.36. The highest BCUT2D eigenvalue weighted by Gasteiger charge is 2.32. The van der Waals surface area contributed by atoms with Crippen molar-refractivity contribution >= 4 is 16.0 Å². The van der Waals surface area contributed by atoms with Crippen molar-refractivity contribution in [2.45, 2.75) is 68.8 Å². The minimum absolute atomic E-state index is 0.184. The van der Waals surface area contributed by atoms with E-state index >= 15 is 0 Å². The quantitative estimate of drug-likeness (QED) is 0.504. The van der Waals surface area contributed by atoms with E-state index < -0.39 is 16.1 Å². The number of nitrogens with zero attached hydrogens (tertiary/aromatic N) is 2. The van der Waals surface area contributed by atoms with Gasteiger partial charge in [-0.15, -0.1) is 0 Å². The van der Waals surface area contributed by atoms with Crippen molar-refractivity contribution < 1.29 is 13.5 Å². The van der Waals surface area contributed by atoms with E-state index in [4.69, 9.17) is 5.73 Å². The zero-order valence-corrected chi connectivity index (χ0v) is 20.7. The number of aryl methyl sites for hydroxylation is 1. The number of aromatic hydroxyl groups is 1. The minimum atomic E-state index is -3.72. The van der Waals surface area contributed by atoms with E-state index in [-0.39, 0.29) is 16.7 Å². The molecule has 1 heterocycles. The van der Waals surface area contributed by atoms with Gasteiger partial charge in [0.15, 0.2) is 5.96 Å². The monoisotopic (exact) mass is 484 g/mol. The van der Waals surface area contributed by atoms with Crippen LogP contribution in [0.25, 0.3) is 0 Å². The number of rotatable bonds is 9. The highest BCUT2D eigenvalue weighted by Crippen LogP contribution is 2.30. The second-order valence-electron chi connectivity index (χ2n) is 9.75. The van der Waals surface area contributed by atoms with Crippen LogP contribution in [-0.4, -0.2) is 49.6 Å². The summed E-state index contributed by atoms with van der Waals surface area (Å²) in [5.41, 5.74) is 8.24. The minimum Gasteiger partial charge on any atom is -0.508 e. The summed E-state index contributed by atoms with van der Waals surface area (Å²) < 4.78 is 29.4. The maximum Gasteiger partial charge on any atom is 0.240 e. The SMILES string of the molecule is Cc1ccc(S(=O)(=O)N[C@@H](Cc2ccc(O)cc2)CN2C(N)=NC[C@@H]2CC2CCCCC2)cc1. The van der Waals surface area contributed by atoms with Crippen molar-refractivity contribution in [2.24, 2.45) is 16.6 Å². The lowest BCUT2D eigenvalue weighted by Crippen LogP contribution is -2.51. The molecule has 7 nitrogen and oxygen atoms in total. The number of hydrogen-bond acceptors (Lipinski definition) is 6. The fraction of sp³-hybridized carbons (Fsp3) is 0.500. The Kier molecular flexibility index (Phi) is 7.78. The molecule has 0 spiro atoms. The van der Waals surface area contributed by atoms with Crippen LogP contribution in [0, 0.1) is 12.8 Å². The largest absolute Gasteiger partial charge is 0.508 e. The lowest BCUT2D eigenvalue weighted by molar-refractivity contribution is 0.234. The maximum absolute atomic E-state index is 13.2. The van der Waals surface area contributed by atoms with Crippen LogP contribution in [0.1, 0.15) is 49.7 Å². The van der Waals surface area contributed by atoms with Gasteiger partial charge in [-0.2, -0.15) is 0 Å². The topological polar surface area (TPSA) is 108 Å². The molecule has 34 heavy (non-hydrogen) atoms. The first kappa shape index (κ1) is 24.5. The normalized spacial score (nSPS) is 20.3. The number of guanidine groups is 1. The van der Waals surface area contributed by atoms with E-state index in [0.717, 1.165) is 17.5 Å². The van der Waals surface area contributed by atoms with Crippen LogP contribution in [0.2, 0.25) is 0 Å². The van der Waals surface area contributed by atoms with Crippen molar-refractivity contribution in [3.05, 3.63) is 59.7 Å². The number of phenols is 1. The van der Waals surface area contributed by atoms with Gasteiger partial charge in [0, 0.05) is 12.6 Å². The molecule has 1 aliphatic carbocycles. The Morgan fingerprint density at radius 1 is 1.09 bits per heavy atom.